The van der Waals surface area contributed by atoms with Crippen molar-refractivity contribution in [1.29, 1.82) is 0 Å². The van der Waals surface area contributed by atoms with Gasteiger partial charge in [0.2, 0.25) is 0 Å². The Morgan fingerprint density at radius 3 is 2.69 bits per heavy atom. The lowest BCUT2D eigenvalue weighted by atomic mass is 9.96. The Kier molecular flexibility index (Phi) is 6.63. The van der Waals surface area contributed by atoms with E-state index in [1.165, 1.54) is 13.2 Å². The summed E-state index contributed by atoms with van der Waals surface area (Å²) in [5, 5.41) is 3.25. The lowest BCUT2D eigenvalue weighted by Gasteiger charge is -2.29. The number of benzene rings is 2. The van der Waals surface area contributed by atoms with Gasteiger partial charge in [0.25, 0.3) is 0 Å². The van der Waals surface area contributed by atoms with Crippen LogP contribution in [0.4, 0.5) is 13.2 Å². The van der Waals surface area contributed by atoms with Crippen molar-refractivity contribution in [2.75, 3.05) is 39.9 Å². The Hall–Kier alpha value is -2.78. The number of alkyl halides is 3. The number of carbonyl (C=O) groups excluding carboxylic acids is 1. The van der Waals surface area contributed by atoms with Gasteiger partial charge in [-0.1, -0.05) is 12.1 Å². The molecule has 2 aromatic rings. The van der Waals surface area contributed by atoms with Crippen LogP contribution in [0.3, 0.4) is 0 Å². The molecule has 0 aromatic heterocycles. The Morgan fingerprint density at radius 2 is 1.94 bits per heavy atom. The van der Waals surface area contributed by atoms with Gasteiger partial charge in [-0.15, -0.1) is 0 Å². The fourth-order valence-electron chi connectivity index (χ4n) is 5.35. The molecular weight excluding hydrogens is 461 g/mol. The number of nitrogens with zero attached hydrogens (tertiary/aromatic N) is 1. The summed E-state index contributed by atoms with van der Waals surface area (Å²) < 4.78 is 58.4. The largest absolute Gasteiger partial charge is 0.492 e. The summed E-state index contributed by atoms with van der Waals surface area (Å²) in [5.41, 5.74) is 2.36. The van der Waals surface area contributed by atoms with Gasteiger partial charge in [-0.3, -0.25) is 9.69 Å². The van der Waals surface area contributed by atoms with Gasteiger partial charge in [0.1, 0.15) is 17.6 Å². The minimum absolute atomic E-state index is 0.0629. The molecule has 1 fully saturated rings. The number of ether oxygens (including phenoxy) is 3. The number of piperazine rings is 1. The average Bonchev–Trinajstić information content (AvgIpc) is 3.43. The van der Waals surface area contributed by atoms with Crippen molar-refractivity contribution < 1.29 is 32.2 Å². The second-order valence-corrected chi connectivity index (χ2v) is 9.32. The van der Waals surface area contributed by atoms with E-state index in [1.807, 2.05) is 12.1 Å². The van der Waals surface area contributed by atoms with E-state index in [0.717, 1.165) is 42.9 Å². The summed E-state index contributed by atoms with van der Waals surface area (Å²) in [6.07, 6.45) is -3.30. The van der Waals surface area contributed by atoms with Crippen LogP contribution in [0.1, 0.15) is 52.7 Å². The minimum atomic E-state index is -4.39. The summed E-state index contributed by atoms with van der Waals surface area (Å²) in [6.45, 7) is 3.71. The average molecular weight is 491 g/mol. The number of nitrogens with one attached hydrogen (secondary N) is 1. The summed E-state index contributed by atoms with van der Waals surface area (Å²) in [5.74, 6) is 0.918. The lowest BCUT2D eigenvalue weighted by molar-refractivity contribution is -0.141. The van der Waals surface area contributed by atoms with Gasteiger partial charge in [-0.05, 0) is 41.7 Å². The highest BCUT2D eigenvalue weighted by Crippen LogP contribution is 2.44. The molecule has 35 heavy (non-hydrogen) atoms. The highest BCUT2D eigenvalue weighted by atomic mass is 19.4. The number of methoxy groups -OCH3 is 1. The minimum Gasteiger partial charge on any atom is -0.492 e. The zero-order chi connectivity index (χ0) is 24.6. The maximum absolute atomic E-state index is 13.9. The van der Waals surface area contributed by atoms with E-state index in [4.69, 9.17) is 14.2 Å². The van der Waals surface area contributed by atoms with E-state index in [9.17, 15) is 18.0 Å². The molecular formula is C26H29F3N2O4. The van der Waals surface area contributed by atoms with Gasteiger partial charge in [-0.25, -0.2) is 0 Å². The molecule has 2 aromatic carbocycles. The fourth-order valence-corrected chi connectivity index (χ4v) is 5.35. The van der Waals surface area contributed by atoms with E-state index < -0.39 is 11.7 Å². The predicted octanol–water partition coefficient (Wildman–Crippen LogP) is 4.22. The van der Waals surface area contributed by atoms with Crippen LogP contribution in [0.2, 0.25) is 0 Å². The molecule has 5 rings (SSSR count). The third-order valence-electron chi connectivity index (χ3n) is 7.15. The standard InChI is InChI=1S/C26H29F3N2O4/c1-33-25(32)12-16-15-34-24-13-17(2-3-18(16)24)35-23-7-5-19-20(23)4-6-22(26(27,28)29)21(19)14-31-10-8-30-9-11-31/h2-4,6,13,16,23,30H,5,7-12,14-15H2,1H3/t16-,23-/m1/s1. The smallest absolute Gasteiger partial charge is 0.416 e. The Balaban J connectivity index is 1.37. The molecule has 0 bridgehead atoms. The van der Waals surface area contributed by atoms with Gasteiger partial charge >= 0.3 is 12.1 Å². The lowest BCUT2D eigenvalue weighted by Crippen LogP contribution is -2.43. The summed E-state index contributed by atoms with van der Waals surface area (Å²) in [7, 11) is 1.36. The molecule has 0 spiro atoms. The van der Waals surface area contributed by atoms with Crippen LogP contribution in [-0.4, -0.2) is 50.8 Å². The molecule has 2 aliphatic heterocycles. The van der Waals surface area contributed by atoms with Gasteiger partial charge in [0, 0.05) is 50.3 Å². The second-order valence-electron chi connectivity index (χ2n) is 9.32. The normalized spacial score (nSPS) is 21.8. The van der Waals surface area contributed by atoms with Crippen molar-refractivity contribution in [2.24, 2.45) is 0 Å². The quantitative estimate of drug-likeness (QED) is 0.612. The van der Waals surface area contributed by atoms with Crippen molar-refractivity contribution in [3.05, 3.63) is 58.1 Å². The predicted molar refractivity (Wildman–Crippen MR) is 123 cm³/mol. The third-order valence-corrected chi connectivity index (χ3v) is 7.15. The van der Waals surface area contributed by atoms with Crippen molar-refractivity contribution >= 4 is 5.97 Å². The van der Waals surface area contributed by atoms with Crippen LogP contribution in [0.5, 0.6) is 11.5 Å². The molecule has 1 saturated heterocycles. The van der Waals surface area contributed by atoms with Gasteiger partial charge in [0.15, 0.2) is 0 Å². The molecule has 1 aliphatic carbocycles. The first kappa shape index (κ1) is 23.9. The molecule has 1 N–H and O–H groups in total. The second kappa shape index (κ2) is 9.70. The molecule has 2 atom stereocenters. The SMILES string of the molecule is COC(=O)C[C@@H]1COc2cc(O[C@@H]3CCc4c3ccc(C(F)(F)F)c4CN3CCNCC3)ccc21. The van der Waals surface area contributed by atoms with Crippen LogP contribution in [0.25, 0.3) is 0 Å². The van der Waals surface area contributed by atoms with Crippen LogP contribution in [-0.2, 0) is 28.7 Å². The number of hydrogen-bond acceptors (Lipinski definition) is 6. The molecule has 2 heterocycles. The molecule has 9 heteroatoms. The monoisotopic (exact) mass is 490 g/mol. The number of hydrogen-bond donors (Lipinski definition) is 1. The van der Waals surface area contributed by atoms with Crippen LogP contribution >= 0.6 is 0 Å². The number of fused-ring (bicyclic) bond motifs is 2. The Morgan fingerprint density at radius 1 is 1.17 bits per heavy atom. The third kappa shape index (κ3) is 4.97. The topological polar surface area (TPSA) is 60.0 Å². The first-order valence-corrected chi connectivity index (χ1v) is 12.0. The highest BCUT2D eigenvalue weighted by molar-refractivity contribution is 5.71. The molecule has 3 aliphatic rings. The van der Waals surface area contributed by atoms with E-state index in [0.29, 0.717) is 43.1 Å². The zero-order valence-electron chi connectivity index (χ0n) is 19.6. The summed E-state index contributed by atoms with van der Waals surface area (Å²) in [4.78, 5) is 13.7. The number of rotatable bonds is 6. The molecule has 0 unspecified atom stereocenters. The first-order chi connectivity index (χ1) is 16.8. The van der Waals surface area contributed by atoms with Crippen molar-refractivity contribution in [3.63, 3.8) is 0 Å². The van der Waals surface area contributed by atoms with Crippen molar-refractivity contribution in [2.45, 2.75) is 44.0 Å². The maximum atomic E-state index is 13.9. The molecule has 188 valence electrons. The fraction of sp³-hybridized carbons (Fsp3) is 0.500. The zero-order valence-corrected chi connectivity index (χ0v) is 19.6. The van der Waals surface area contributed by atoms with E-state index in [2.05, 4.69) is 10.2 Å². The van der Waals surface area contributed by atoms with Gasteiger partial charge in [0.05, 0.1) is 25.7 Å². The van der Waals surface area contributed by atoms with Crippen molar-refractivity contribution in [3.8, 4) is 11.5 Å². The Bertz CT molecular complexity index is 1100. The van der Waals surface area contributed by atoms with Crippen LogP contribution in [0, 0.1) is 0 Å². The van der Waals surface area contributed by atoms with Gasteiger partial charge in [-0.2, -0.15) is 13.2 Å². The van der Waals surface area contributed by atoms with E-state index in [1.54, 1.807) is 12.1 Å². The summed E-state index contributed by atoms with van der Waals surface area (Å²) in [6, 6.07) is 8.32. The number of halogens is 3. The van der Waals surface area contributed by atoms with Crippen LogP contribution in [0.15, 0.2) is 30.3 Å². The summed E-state index contributed by atoms with van der Waals surface area (Å²) >= 11 is 0. The van der Waals surface area contributed by atoms with Gasteiger partial charge < -0.3 is 19.5 Å². The van der Waals surface area contributed by atoms with Crippen molar-refractivity contribution in [1.82, 2.24) is 10.2 Å². The van der Waals surface area contributed by atoms with Crippen LogP contribution < -0.4 is 14.8 Å². The Labute approximate surface area is 202 Å². The molecule has 0 radical (unpaired) electrons. The maximum Gasteiger partial charge on any atom is 0.416 e. The number of esters is 1. The van der Waals surface area contributed by atoms with E-state index >= 15 is 0 Å². The molecule has 0 amide bonds. The highest BCUT2D eigenvalue weighted by Gasteiger charge is 2.38. The van der Waals surface area contributed by atoms with E-state index in [-0.39, 0.29) is 24.4 Å². The molecule has 6 nitrogen and oxygen atoms in total. The molecule has 0 saturated carbocycles. The number of carbonyl (C=O) groups is 1. The first-order valence-electron chi connectivity index (χ1n) is 12.0.